The van der Waals surface area contributed by atoms with Crippen LogP contribution in [0.3, 0.4) is 0 Å². The minimum absolute atomic E-state index is 0.318. The largest absolute Gasteiger partial charge is 0.387 e. The number of hydrogen-bond acceptors (Lipinski definition) is 2. The monoisotopic (exact) mass is 199 g/mol. The van der Waals surface area contributed by atoms with Gasteiger partial charge in [0.15, 0.2) is 0 Å². The summed E-state index contributed by atoms with van der Waals surface area (Å²) in [6.45, 7) is 5.22. The average Bonchev–Trinajstić information content (AvgIpc) is 2.20. The zero-order valence-corrected chi connectivity index (χ0v) is 9.71. The number of aliphatic hydroxyl groups excluding tert-OH is 1. The topological polar surface area (TPSA) is 32.6 Å². The van der Waals surface area contributed by atoms with E-state index in [-0.39, 0.29) is 6.10 Å². The lowest BCUT2D eigenvalue weighted by Gasteiger charge is -2.02. The second-order valence-electron chi connectivity index (χ2n) is 3.83. The van der Waals surface area contributed by atoms with E-state index >= 15 is 0 Å². The number of hydrogen-bond donors (Lipinski definition) is 1. The maximum Gasteiger partial charge on any atom is 0.0886 e. The first-order valence-corrected chi connectivity index (χ1v) is 5.99. The molecule has 0 aliphatic carbocycles. The van der Waals surface area contributed by atoms with Crippen LogP contribution in [0.25, 0.3) is 0 Å². The van der Waals surface area contributed by atoms with E-state index in [9.17, 15) is 5.11 Å². The van der Waals surface area contributed by atoms with Crippen LogP contribution in [0.4, 0.5) is 0 Å². The van der Waals surface area contributed by atoms with Crippen LogP contribution < -0.4 is 0 Å². The van der Waals surface area contributed by atoms with Crippen LogP contribution in [0.15, 0.2) is 4.99 Å². The van der Waals surface area contributed by atoms with Crippen molar-refractivity contribution in [3.63, 3.8) is 0 Å². The molecule has 1 atom stereocenters. The molecule has 0 bridgehead atoms. The zero-order chi connectivity index (χ0) is 10.6. The summed E-state index contributed by atoms with van der Waals surface area (Å²) in [5.41, 5.74) is 0. The van der Waals surface area contributed by atoms with Crippen LogP contribution in [-0.4, -0.2) is 24.0 Å². The van der Waals surface area contributed by atoms with Crippen LogP contribution in [0.2, 0.25) is 0 Å². The molecule has 0 amide bonds. The van der Waals surface area contributed by atoms with E-state index in [2.05, 4.69) is 18.8 Å². The van der Waals surface area contributed by atoms with Gasteiger partial charge in [-0.15, -0.1) is 0 Å². The molecule has 0 saturated carbocycles. The van der Waals surface area contributed by atoms with Crippen molar-refractivity contribution in [3.8, 4) is 0 Å². The number of aliphatic hydroxyl groups is 1. The second-order valence-corrected chi connectivity index (χ2v) is 3.83. The quantitative estimate of drug-likeness (QED) is 0.449. The maximum absolute atomic E-state index is 9.43. The molecule has 14 heavy (non-hydrogen) atoms. The Morgan fingerprint density at radius 1 is 1.07 bits per heavy atom. The van der Waals surface area contributed by atoms with Gasteiger partial charge in [0.25, 0.3) is 0 Å². The Hall–Kier alpha value is -0.370. The fraction of sp³-hybridized carbons (Fsp3) is 0.917. The lowest BCUT2D eigenvalue weighted by molar-refractivity contribution is 0.231. The molecule has 0 aromatic rings. The number of unbranched alkanes of at least 4 members (excludes halogenated alkanes) is 4. The standard InChI is InChI=1S/C12H25NO/c1-3-5-7-8-10-13-11-12(14)9-6-4-2/h11-12,14H,3-10H2,1-2H3/b13-11+. The van der Waals surface area contributed by atoms with Crippen molar-refractivity contribution < 1.29 is 5.11 Å². The van der Waals surface area contributed by atoms with Gasteiger partial charge >= 0.3 is 0 Å². The third-order valence-corrected chi connectivity index (χ3v) is 2.27. The van der Waals surface area contributed by atoms with Gasteiger partial charge in [-0.3, -0.25) is 4.99 Å². The molecule has 84 valence electrons. The molecule has 0 fully saturated rings. The third-order valence-electron chi connectivity index (χ3n) is 2.27. The normalized spacial score (nSPS) is 13.6. The minimum atomic E-state index is -0.318. The van der Waals surface area contributed by atoms with E-state index in [0.717, 1.165) is 32.2 Å². The van der Waals surface area contributed by atoms with Gasteiger partial charge in [0.05, 0.1) is 6.10 Å². The summed E-state index contributed by atoms with van der Waals surface area (Å²) in [5, 5.41) is 9.43. The van der Waals surface area contributed by atoms with Gasteiger partial charge in [0.2, 0.25) is 0 Å². The van der Waals surface area contributed by atoms with Crippen LogP contribution in [-0.2, 0) is 0 Å². The first-order valence-electron chi connectivity index (χ1n) is 5.99. The molecule has 0 aromatic heterocycles. The van der Waals surface area contributed by atoms with E-state index in [1.165, 1.54) is 19.3 Å². The molecule has 0 heterocycles. The molecule has 2 heteroatoms. The fourth-order valence-electron chi connectivity index (χ4n) is 1.31. The molecule has 2 nitrogen and oxygen atoms in total. The van der Waals surface area contributed by atoms with Crippen LogP contribution in [0.1, 0.15) is 58.8 Å². The summed E-state index contributed by atoms with van der Waals surface area (Å²) in [4.78, 5) is 4.22. The van der Waals surface area contributed by atoms with Gasteiger partial charge in [-0.05, 0) is 12.8 Å². The lowest BCUT2D eigenvalue weighted by Crippen LogP contribution is -2.07. The van der Waals surface area contributed by atoms with Crippen molar-refractivity contribution in [1.82, 2.24) is 0 Å². The Morgan fingerprint density at radius 2 is 1.79 bits per heavy atom. The van der Waals surface area contributed by atoms with E-state index in [0.29, 0.717) is 0 Å². The van der Waals surface area contributed by atoms with Crippen LogP contribution in [0, 0.1) is 0 Å². The fourth-order valence-corrected chi connectivity index (χ4v) is 1.31. The maximum atomic E-state index is 9.43. The van der Waals surface area contributed by atoms with E-state index in [1.807, 2.05) is 0 Å². The van der Waals surface area contributed by atoms with Gasteiger partial charge in [-0.2, -0.15) is 0 Å². The smallest absolute Gasteiger partial charge is 0.0886 e. The summed E-state index contributed by atoms with van der Waals surface area (Å²) in [5.74, 6) is 0. The highest BCUT2D eigenvalue weighted by Crippen LogP contribution is 2.00. The molecule has 1 unspecified atom stereocenters. The SMILES string of the molecule is CCCCCC/N=C/C(O)CCCC. The van der Waals surface area contributed by atoms with Gasteiger partial charge in [0.1, 0.15) is 0 Å². The minimum Gasteiger partial charge on any atom is -0.387 e. The highest BCUT2D eigenvalue weighted by Gasteiger charge is 1.97. The van der Waals surface area contributed by atoms with Gasteiger partial charge in [0, 0.05) is 12.8 Å². The number of aliphatic imine (C=N–C) groups is 1. The Labute approximate surface area is 88.4 Å². The van der Waals surface area contributed by atoms with Gasteiger partial charge < -0.3 is 5.11 Å². The summed E-state index contributed by atoms with van der Waals surface area (Å²) < 4.78 is 0. The highest BCUT2D eigenvalue weighted by atomic mass is 16.3. The predicted molar refractivity (Wildman–Crippen MR) is 63.0 cm³/mol. The van der Waals surface area contributed by atoms with Crippen molar-refractivity contribution in [1.29, 1.82) is 0 Å². The van der Waals surface area contributed by atoms with Gasteiger partial charge in [-0.1, -0.05) is 46.0 Å². The average molecular weight is 199 g/mol. The van der Waals surface area contributed by atoms with Crippen LogP contribution in [0.5, 0.6) is 0 Å². The number of rotatable bonds is 9. The Kier molecular flexibility index (Phi) is 10.4. The second kappa shape index (κ2) is 10.7. The first-order chi connectivity index (χ1) is 6.81. The van der Waals surface area contributed by atoms with Crippen molar-refractivity contribution in [2.75, 3.05) is 6.54 Å². The molecule has 0 rings (SSSR count). The number of nitrogens with zero attached hydrogens (tertiary/aromatic N) is 1. The molecule has 0 saturated heterocycles. The molecular weight excluding hydrogens is 174 g/mol. The van der Waals surface area contributed by atoms with E-state index in [4.69, 9.17) is 0 Å². The molecule has 0 radical (unpaired) electrons. The molecule has 0 aliphatic rings. The zero-order valence-electron chi connectivity index (χ0n) is 9.71. The van der Waals surface area contributed by atoms with Crippen molar-refractivity contribution in [2.24, 2.45) is 4.99 Å². The first kappa shape index (κ1) is 13.6. The van der Waals surface area contributed by atoms with Crippen molar-refractivity contribution in [2.45, 2.75) is 64.9 Å². The summed E-state index contributed by atoms with van der Waals surface area (Å²) in [6.07, 6.45) is 9.46. The van der Waals surface area contributed by atoms with Crippen molar-refractivity contribution >= 4 is 6.21 Å². The Morgan fingerprint density at radius 3 is 2.43 bits per heavy atom. The molecule has 0 aromatic carbocycles. The summed E-state index contributed by atoms with van der Waals surface area (Å²) >= 11 is 0. The van der Waals surface area contributed by atoms with E-state index < -0.39 is 0 Å². The Bertz CT molecular complexity index is 134. The highest BCUT2D eigenvalue weighted by molar-refractivity contribution is 5.62. The summed E-state index contributed by atoms with van der Waals surface area (Å²) in [7, 11) is 0. The lowest BCUT2D eigenvalue weighted by atomic mass is 10.2. The predicted octanol–water partition coefficient (Wildman–Crippen LogP) is 3.19. The van der Waals surface area contributed by atoms with Crippen LogP contribution >= 0.6 is 0 Å². The molecule has 0 spiro atoms. The van der Waals surface area contributed by atoms with Crippen molar-refractivity contribution in [3.05, 3.63) is 0 Å². The molecule has 0 aliphatic heterocycles. The van der Waals surface area contributed by atoms with E-state index in [1.54, 1.807) is 6.21 Å². The third kappa shape index (κ3) is 9.72. The van der Waals surface area contributed by atoms with Gasteiger partial charge in [-0.25, -0.2) is 0 Å². The Balaban J connectivity index is 3.23. The molecule has 1 N–H and O–H groups in total. The summed E-state index contributed by atoms with van der Waals surface area (Å²) in [6, 6.07) is 0. The molecular formula is C12H25NO.